The molecule has 0 saturated carbocycles. The molecule has 1 fully saturated rings. The Labute approximate surface area is 129 Å². The number of ether oxygens (including phenoxy) is 1. The molecule has 0 aliphatic carbocycles. The second-order valence-electron chi connectivity index (χ2n) is 6.38. The van der Waals surface area contributed by atoms with Crippen LogP contribution in [0.3, 0.4) is 0 Å². The van der Waals surface area contributed by atoms with E-state index in [1.807, 2.05) is 39.8 Å². The molecule has 0 spiro atoms. The van der Waals surface area contributed by atoms with Crippen molar-refractivity contribution in [1.29, 1.82) is 0 Å². The number of nitrogens with one attached hydrogen (secondary N) is 1. The van der Waals surface area contributed by atoms with E-state index >= 15 is 0 Å². The van der Waals surface area contributed by atoms with E-state index in [0.29, 0.717) is 24.6 Å². The molecule has 1 N–H and O–H groups in total. The number of hydrogen-bond acceptors (Lipinski definition) is 4. The number of hydrogen-bond donors (Lipinski definition) is 1. The first-order valence-corrected chi connectivity index (χ1v) is 7.39. The van der Waals surface area contributed by atoms with E-state index in [2.05, 4.69) is 15.4 Å². The molecular formula is C15H21N5O2. The fourth-order valence-electron chi connectivity index (χ4n) is 2.88. The van der Waals surface area contributed by atoms with E-state index in [9.17, 15) is 4.79 Å². The number of rotatable bonds is 1. The first kappa shape index (κ1) is 14.8. The Morgan fingerprint density at radius 2 is 2.23 bits per heavy atom. The lowest BCUT2D eigenvalue weighted by molar-refractivity contribution is -0.116. The molecule has 0 aromatic carbocycles. The third-order valence-corrected chi connectivity index (χ3v) is 3.54. The highest BCUT2D eigenvalue weighted by atomic mass is 16.5. The summed E-state index contributed by atoms with van der Waals surface area (Å²) < 4.78 is 7.48. The highest BCUT2D eigenvalue weighted by molar-refractivity contribution is 5.89. The van der Waals surface area contributed by atoms with Crippen LogP contribution in [-0.2, 0) is 4.74 Å². The zero-order valence-corrected chi connectivity index (χ0v) is 13.3. The number of anilines is 1. The van der Waals surface area contributed by atoms with Crippen LogP contribution in [0.4, 0.5) is 10.5 Å². The van der Waals surface area contributed by atoms with E-state index in [0.717, 1.165) is 5.65 Å². The lowest BCUT2D eigenvalue weighted by Crippen LogP contribution is -2.54. The number of carbonyl (C=O) groups excluding carboxylic acids is 1. The van der Waals surface area contributed by atoms with Gasteiger partial charge in [0.05, 0.1) is 30.1 Å². The van der Waals surface area contributed by atoms with Crippen LogP contribution in [0.5, 0.6) is 0 Å². The van der Waals surface area contributed by atoms with E-state index in [-0.39, 0.29) is 17.7 Å². The van der Waals surface area contributed by atoms with Gasteiger partial charge < -0.3 is 15.0 Å². The lowest BCUT2D eigenvalue weighted by Gasteiger charge is -2.41. The van der Waals surface area contributed by atoms with Crippen LogP contribution in [0.1, 0.15) is 26.6 Å². The minimum absolute atomic E-state index is 0.0231. The minimum Gasteiger partial charge on any atom is -0.369 e. The molecule has 2 aromatic heterocycles. The summed E-state index contributed by atoms with van der Waals surface area (Å²) in [7, 11) is 0. The van der Waals surface area contributed by atoms with Crippen LogP contribution < -0.4 is 5.32 Å². The molecule has 22 heavy (non-hydrogen) atoms. The smallest absolute Gasteiger partial charge is 0.322 e. The highest BCUT2D eigenvalue weighted by Gasteiger charge is 2.33. The van der Waals surface area contributed by atoms with Crippen molar-refractivity contribution in [1.82, 2.24) is 19.5 Å². The second kappa shape index (κ2) is 5.24. The number of morpholine rings is 1. The van der Waals surface area contributed by atoms with E-state index in [1.54, 1.807) is 15.6 Å². The van der Waals surface area contributed by atoms with Crippen molar-refractivity contribution in [3.05, 3.63) is 24.2 Å². The molecule has 1 saturated heterocycles. The summed E-state index contributed by atoms with van der Waals surface area (Å²) in [5.74, 6) is 0.701. The van der Waals surface area contributed by atoms with Gasteiger partial charge in [0.25, 0.3) is 0 Å². The molecular weight excluding hydrogens is 282 g/mol. The molecule has 118 valence electrons. The molecule has 1 atom stereocenters. The van der Waals surface area contributed by atoms with Crippen LogP contribution in [0, 0.1) is 6.92 Å². The maximum Gasteiger partial charge on any atom is 0.322 e. The molecule has 1 aliphatic heterocycles. The van der Waals surface area contributed by atoms with Gasteiger partial charge in [-0.25, -0.2) is 14.3 Å². The van der Waals surface area contributed by atoms with Gasteiger partial charge in [-0.2, -0.15) is 5.10 Å². The lowest BCUT2D eigenvalue weighted by atomic mass is 10.1. The molecule has 7 nitrogen and oxygen atoms in total. The van der Waals surface area contributed by atoms with E-state index in [1.165, 1.54) is 0 Å². The number of urea groups is 1. The third kappa shape index (κ3) is 3.04. The molecule has 1 aliphatic rings. The number of fused-ring (bicyclic) bond motifs is 1. The van der Waals surface area contributed by atoms with Crippen molar-refractivity contribution in [2.45, 2.75) is 39.4 Å². The summed E-state index contributed by atoms with van der Waals surface area (Å²) in [6.45, 7) is 8.95. The number of aryl methyl sites for hydroxylation is 1. The minimum atomic E-state index is -0.331. The summed E-state index contributed by atoms with van der Waals surface area (Å²) in [5.41, 5.74) is 1.12. The van der Waals surface area contributed by atoms with Crippen LogP contribution in [-0.4, -0.2) is 50.3 Å². The Bertz CT molecular complexity index is 709. The predicted octanol–water partition coefficient (Wildman–Crippen LogP) is 2.07. The van der Waals surface area contributed by atoms with Crippen molar-refractivity contribution in [3.63, 3.8) is 0 Å². The van der Waals surface area contributed by atoms with Crippen molar-refractivity contribution >= 4 is 17.4 Å². The molecule has 2 aromatic rings. The zero-order chi connectivity index (χ0) is 15.9. The number of nitrogens with zero attached hydrogens (tertiary/aromatic N) is 4. The first-order valence-electron chi connectivity index (χ1n) is 7.39. The van der Waals surface area contributed by atoms with Gasteiger partial charge in [-0.1, -0.05) is 0 Å². The normalized spacial score (nSPS) is 21.1. The van der Waals surface area contributed by atoms with Gasteiger partial charge in [-0.15, -0.1) is 0 Å². The average molecular weight is 303 g/mol. The van der Waals surface area contributed by atoms with Crippen molar-refractivity contribution in [2.24, 2.45) is 0 Å². The van der Waals surface area contributed by atoms with Crippen LogP contribution >= 0.6 is 0 Å². The quantitative estimate of drug-likeness (QED) is 0.875. The topological polar surface area (TPSA) is 71.8 Å². The molecule has 0 bridgehead atoms. The van der Waals surface area contributed by atoms with Crippen molar-refractivity contribution < 1.29 is 9.53 Å². The molecule has 3 rings (SSSR count). The maximum atomic E-state index is 12.5. The highest BCUT2D eigenvalue weighted by Crippen LogP contribution is 2.21. The second-order valence-corrected chi connectivity index (χ2v) is 6.38. The summed E-state index contributed by atoms with van der Waals surface area (Å²) in [5, 5.41) is 7.16. The Balaban J connectivity index is 1.74. The van der Waals surface area contributed by atoms with Gasteiger partial charge in [-0.05, 0) is 39.8 Å². The number of carbonyl (C=O) groups is 1. The Morgan fingerprint density at radius 1 is 1.45 bits per heavy atom. The number of pyridine rings is 1. The van der Waals surface area contributed by atoms with Gasteiger partial charge in [-0.3, -0.25) is 0 Å². The Hall–Kier alpha value is -2.15. The molecule has 1 unspecified atom stereocenters. The number of amides is 2. The molecule has 3 heterocycles. The van der Waals surface area contributed by atoms with Crippen molar-refractivity contribution in [3.8, 4) is 0 Å². The SMILES string of the molecule is Cc1nc2ccc(NC(=O)N3CC(C)OC(C)(C)C3)cn2n1. The summed E-state index contributed by atoms with van der Waals surface area (Å²) in [4.78, 5) is 18.5. The third-order valence-electron chi connectivity index (χ3n) is 3.54. The zero-order valence-electron chi connectivity index (χ0n) is 13.3. The number of aromatic nitrogens is 3. The first-order chi connectivity index (χ1) is 10.3. The van der Waals surface area contributed by atoms with Gasteiger partial charge >= 0.3 is 6.03 Å². The monoisotopic (exact) mass is 303 g/mol. The predicted molar refractivity (Wildman–Crippen MR) is 82.9 cm³/mol. The standard InChI is InChI=1S/C15H21N5O2/c1-10-7-19(9-15(3,4)22-10)14(21)17-12-5-6-13-16-11(2)18-20(13)8-12/h5-6,8,10H,7,9H2,1-4H3,(H,17,21). The average Bonchev–Trinajstić information content (AvgIpc) is 2.75. The van der Waals surface area contributed by atoms with Crippen LogP contribution in [0.2, 0.25) is 0 Å². The summed E-state index contributed by atoms with van der Waals surface area (Å²) in [6.07, 6.45) is 1.79. The van der Waals surface area contributed by atoms with Crippen LogP contribution in [0.25, 0.3) is 5.65 Å². The van der Waals surface area contributed by atoms with E-state index in [4.69, 9.17) is 4.74 Å². The Morgan fingerprint density at radius 3 is 2.95 bits per heavy atom. The van der Waals surface area contributed by atoms with E-state index < -0.39 is 0 Å². The maximum absolute atomic E-state index is 12.5. The van der Waals surface area contributed by atoms with Gasteiger partial charge in [0.15, 0.2) is 5.65 Å². The Kier molecular flexibility index (Phi) is 3.52. The van der Waals surface area contributed by atoms with Crippen molar-refractivity contribution in [2.75, 3.05) is 18.4 Å². The molecule has 0 radical (unpaired) electrons. The van der Waals surface area contributed by atoms with Crippen LogP contribution in [0.15, 0.2) is 18.3 Å². The fourth-order valence-corrected chi connectivity index (χ4v) is 2.88. The fraction of sp³-hybridized carbons (Fsp3) is 0.533. The summed E-state index contributed by atoms with van der Waals surface area (Å²) >= 11 is 0. The van der Waals surface area contributed by atoms with Gasteiger partial charge in [0.1, 0.15) is 5.82 Å². The molecule has 7 heteroatoms. The largest absolute Gasteiger partial charge is 0.369 e. The van der Waals surface area contributed by atoms with Gasteiger partial charge in [0.2, 0.25) is 0 Å². The van der Waals surface area contributed by atoms with Gasteiger partial charge in [0, 0.05) is 6.54 Å². The molecule has 2 amide bonds. The summed E-state index contributed by atoms with van der Waals surface area (Å²) in [6, 6.07) is 3.54.